The Morgan fingerprint density at radius 3 is 2.95 bits per heavy atom. The molecule has 6 nitrogen and oxygen atoms in total. The van der Waals surface area contributed by atoms with E-state index in [4.69, 9.17) is 0 Å². The SMILES string of the molecule is Cc1ncc(CNc2ccccc2-n2cncn2)[nH]1. The Morgan fingerprint density at radius 1 is 1.32 bits per heavy atom. The van der Waals surface area contributed by atoms with Crippen molar-refractivity contribution in [3.63, 3.8) is 0 Å². The van der Waals surface area contributed by atoms with Crippen LogP contribution in [0.4, 0.5) is 5.69 Å². The van der Waals surface area contributed by atoms with Crippen LogP contribution in [0.25, 0.3) is 5.69 Å². The van der Waals surface area contributed by atoms with E-state index in [9.17, 15) is 0 Å². The minimum absolute atomic E-state index is 0.687. The summed E-state index contributed by atoms with van der Waals surface area (Å²) in [5, 5.41) is 7.52. The number of hydrogen-bond acceptors (Lipinski definition) is 4. The number of hydrogen-bond donors (Lipinski definition) is 2. The Bertz CT molecular complexity index is 655. The van der Waals surface area contributed by atoms with E-state index >= 15 is 0 Å². The third kappa shape index (κ3) is 2.47. The van der Waals surface area contributed by atoms with Gasteiger partial charge in [0.25, 0.3) is 0 Å². The van der Waals surface area contributed by atoms with Crippen LogP contribution in [0.2, 0.25) is 0 Å². The number of imidazole rings is 1. The average molecular weight is 254 g/mol. The quantitative estimate of drug-likeness (QED) is 0.746. The second kappa shape index (κ2) is 4.93. The fourth-order valence-electron chi connectivity index (χ4n) is 1.91. The molecule has 0 aliphatic heterocycles. The lowest BCUT2D eigenvalue weighted by Crippen LogP contribution is -2.05. The number of rotatable bonds is 4. The molecule has 0 bridgehead atoms. The van der Waals surface area contributed by atoms with Crippen LogP contribution >= 0.6 is 0 Å². The molecular weight excluding hydrogens is 240 g/mol. The van der Waals surface area contributed by atoms with Gasteiger partial charge >= 0.3 is 0 Å². The topological polar surface area (TPSA) is 71.4 Å². The zero-order chi connectivity index (χ0) is 13.1. The standard InChI is InChI=1S/C13H14N6/c1-10-15-6-11(18-10)7-16-12-4-2-3-5-13(12)19-9-14-8-17-19/h2-6,8-9,16H,7H2,1H3,(H,15,18). The number of aryl methyl sites for hydroxylation is 1. The van der Waals surface area contributed by atoms with E-state index in [2.05, 4.69) is 25.4 Å². The molecule has 96 valence electrons. The number of nitrogens with zero attached hydrogens (tertiary/aromatic N) is 4. The van der Waals surface area contributed by atoms with Gasteiger partial charge < -0.3 is 10.3 Å². The number of aromatic amines is 1. The predicted octanol–water partition coefficient (Wildman–Crippen LogP) is 1.91. The van der Waals surface area contributed by atoms with Gasteiger partial charge in [-0.1, -0.05) is 12.1 Å². The maximum atomic E-state index is 4.18. The molecule has 2 heterocycles. The monoisotopic (exact) mass is 254 g/mol. The highest BCUT2D eigenvalue weighted by atomic mass is 15.3. The Balaban J connectivity index is 1.81. The van der Waals surface area contributed by atoms with Crippen molar-refractivity contribution >= 4 is 5.69 Å². The molecule has 0 fully saturated rings. The van der Waals surface area contributed by atoms with Crippen LogP contribution < -0.4 is 5.32 Å². The number of H-pyrrole nitrogens is 1. The van der Waals surface area contributed by atoms with Gasteiger partial charge in [-0.15, -0.1) is 0 Å². The highest BCUT2D eigenvalue weighted by molar-refractivity contribution is 5.60. The van der Waals surface area contributed by atoms with Crippen LogP contribution in [-0.2, 0) is 6.54 Å². The van der Waals surface area contributed by atoms with Crippen molar-refractivity contribution in [1.29, 1.82) is 0 Å². The van der Waals surface area contributed by atoms with Crippen molar-refractivity contribution in [2.24, 2.45) is 0 Å². The largest absolute Gasteiger partial charge is 0.378 e. The molecule has 0 saturated carbocycles. The third-order valence-electron chi connectivity index (χ3n) is 2.79. The molecule has 0 aliphatic rings. The molecule has 0 spiro atoms. The first-order chi connectivity index (χ1) is 9.33. The Labute approximate surface area is 110 Å². The summed E-state index contributed by atoms with van der Waals surface area (Å²) >= 11 is 0. The van der Waals surface area contributed by atoms with E-state index in [1.54, 1.807) is 11.0 Å². The molecule has 19 heavy (non-hydrogen) atoms. The summed E-state index contributed by atoms with van der Waals surface area (Å²) in [5.74, 6) is 0.918. The van der Waals surface area contributed by atoms with Crippen LogP contribution in [0.1, 0.15) is 11.5 Å². The maximum absolute atomic E-state index is 4.18. The number of anilines is 1. The maximum Gasteiger partial charge on any atom is 0.138 e. The van der Waals surface area contributed by atoms with Gasteiger partial charge in [0.15, 0.2) is 0 Å². The van der Waals surface area contributed by atoms with Gasteiger partial charge in [-0.2, -0.15) is 5.10 Å². The first-order valence-electron chi connectivity index (χ1n) is 6.01. The Kier molecular flexibility index (Phi) is 2.97. The van der Waals surface area contributed by atoms with Crippen LogP contribution in [0.15, 0.2) is 43.1 Å². The molecule has 0 atom stereocenters. The van der Waals surface area contributed by atoms with Gasteiger partial charge in [-0.05, 0) is 19.1 Å². The van der Waals surface area contributed by atoms with E-state index < -0.39 is 0 Å². The van der Waals surface area contributed by atoms with Crippen molar-refractivity contribution in [3.8, 4) is 5.69 Å². The molecule has 2 N–H and O–H groups in total. The van der Waals surface area contributed by atoms with Crippen molar-refractivity contribution < 1.29 is 0 Å². The first kappa shape index (κ1) is 11.5. The van der Waals surface area contributed by atoms with E-state index in [-0.39, 0.29) is 0 Å². The molecule has 0 saturated heterocycles. The molecule has 3 aromatic rings. The molecule has 0 radical (unpaired) electrons. The van der Waals surface area contributed by atoms with Gasteiger partial charge in [0.1, 0.15) is 18.5 Å². The second-order valence-electron chi connectivity index (χ2n) is 4.20. The molecule has 1 aromatic carbocycles. The molecular formula is C13H14N6. The summed E-state index contributed by atoms with van der Waals surface area (Å²) < 4.78 is 1.74. The Hall–Kier alpha value is -2.63. The van der Waals surface area contributed by atoms with Gasteiger partial charge in [0, 0.05) is 0 Å². The zero-order valence-corrected chi connectivity index (χ0v) is 10.5. The summed E-state index contributed by atoms with van der Waals surface area (Å²) in [6.45, 7) is 2.62. The third-order valence-corrected chi connectivity index (χ3v) is 2.79. The smallest absolute Gasteiger partial charge is 0.138 e. The van der Waals surface area contributed by atoms with Crippen molar-refractivity contribution in [3.05, 3.63) is 54.6 Å². The molecule has 6 heteroatoms. The fourth-order valence-corrected chi connectivity index (χ4v) is 1.91. The minimum atomic E-state index is 0.687. The normalized spacial score (nSPS) is 10.6. The van der Waals surface area contributed by atoms with E-state index in [0.717, 1.165) is 22.9 Å². The first-order valence-corrected chi connectivity index (χ1v) is 6.01. The predicted molar refractivity (Wildman–Crippen MR) is 72.0 cm³/mol. The number of para-hydroxylation sites is 2. The average Bonchev–Trinajstić information content (AvgIpc) is 3.08. The summed E-state index contributed by atoms with van der Waals surface area (Å²) in [4.78, 5) is 11.3. The number of benzene rings is 1. The molecule has 3 rings (SSSR count). The van der Waals surface area contributed by atoms with E-state index in [1.165, 1.54) is 6.33 Å². The van der Waals surface area contributed by atoms with Gasteiger partial charge in [-0.25, -0.2) is 14.6 Å². The van der Waals surface area contributed by atoms with E-state index in [1.807, 2.05) is 37.4 Å². The highest BCUT2D eigenvalue weighted by Crippen LogP contribution is 2.19. The van der Waals surface area contributed by atoms with E-state index in [0.29, 0.717) is 6.54 Å². The summed E-state index contributed by atoms with van der Waals surface area (Å²) in [5.41, 5.74) is 3.02. The molecule has 0 unspecified atom stereocenters. The number of nitrogens with one attached hydrogen (secondary N) is 2. The number of aromatic nitrogens is 5. The van der Waals surface area contributed by atoms with Gasteiger partial charge in [0.2, 0.25) is 0 Å². The lowest BCUT2D eigenvalue weighted by molar-refractivity contribution is 0.877. The fraction of sp³-hybridized carbons (Fsp3) is 0.154. The highest BCUT2D eigenvalue weighted by Gasteiger charge is 2.04. The lowest BCUT2D eigenvalue weighted by Gasteiger charge is -2.10. The summed E-state index contributed by atoms with van der Waals surface area (Å²) in [7, 11) is 0. The van der Waals surface area contributed by atoms with Crippen LogP contribution in [0, 0.1) is 6.92 Å². The molecule has 2 aromatic heterocycles. The lowest BCUT2D eigenvalue weighted by atomic mass is 10.2. The van der Waals surface area contributed by atoms with Crippen molar-refractivity contribution in [2.75, 3.05) is 5.32 Å². The second-order valence-corrected chi connectivity index (χ2v) is 4.20. The van der Waals surface area contributed by atoms with Crippen LogP contribution in [0.5, 0.6) is 0 Å². The van der Waals surface area contributed by atoms with Crippen molar-refractivity contribution in [1.82, 2.24) is 24.7 Å². The van der Waals surface area contributed by atoms with Crippen molar-refractivity contribution in [2.45, 2.75) is 13.5 Å². The van der Waals surface area contributed by atoms with Gasteiger partial charge in [-0.3, -0.25) is 0 Å². The molecule has 0 aliphatic carbocycles. The zero-order valence-electron chi connectivity index (χ0n) is 10.5. The van der Waals surface area contributed by atoms with Gasteiger partial charge in [0.05, 0.1) is 29.8 Å². The van der Waals surface area contributed by atoms with Crippen LogP contribution in [-0.4, -0.2) is 24.7 Å². The summed E-state index contributed by atoms with van der Waals surface area (Å²) in [6, 6.07) is 7.97. The minimum Gasteiger partial charge on any atom is -0.378 e. The molecule has 0 amide bonds. The Morgan fingerprint density at radius 2 is 2.21 bits per heavy atom. The summed E-state index contributed by atoms with van der Waals surface area (Å²) in [6.07, 6.45) is 5.04. The van der Waals surface area contributed by atoms with Crippen LogP contribution in [0.3, 0.4) is 0 Å².